The Morgan fingerprint density at radius 3 is 2.68 bits per heavy atom. The number of carbonyl (C=O) groups excluding carboxylic acids is 2. The van der Waals surface area contributed by atoms with Gasteiger partial charge in [0.05, 0.1) is 5.69 Å². The fourth-order valence-corrected chi connectivity index (χ4v) is 1.57. The first-order valence-electron chi connectivity index (χ1n) is 5.60. The highest BCUT2D eigenvalue weighted by molar-refractivity contribution is 6.07. The number of aryl methyl sites for hydroxylation is 2. The second-order valence-electron chi connectivity index (χ2n) is 3.92. The molecule has 0 radical (unpaired) electrons. The SMILES string of the molecule is Cc1cc(C(=O)NC(=O)Nc2ccccn2)n(C)n1. The normalized spacial score (nSPS) is 10.0. The van der Waals surface area contributed by atoms with Crippen LogP contribution in [-0.4, -0.2) is 26.7 Å². The summed E-state index contributed by atoms with van der Waals surface area (Å²) in [5.41, 5.74) is 1.02. The summed E-state index contributed by atoms with van der Waals surface area (Å²) < 4.78 is 1.42. The fraction of sp³-hybridized carbons (Fsp3) is 0.167. The van der Waals surface area contributed by atoms with Crippen LogP contribution in [0.5, 0.6) is 0 Å². The van der Waals surface area contributed by atoms with Gasteiger partial charge in [-0.15, -0.1) is 0 Å². The quantitative estimate of drug-likeness (QED) is 0.844. The molecule has 0 saturated heterocycles. The Kier molecular flexibility index (Phi) is 3.56. The standard InChI is InChI=1S/C12H13N5O2/c1-8-7-9(17(2)16-8)11(18)15-12(19)14-10-5-3-4-6-13-10/h3-7H,1-2H3,(H2,13,14,15,18,19). The number of urea groups is 1. The highest BCUT2D eigenvalue weighted by Gasteiger charge is 2.14. The van der Waals surface area contributed by atoms with Crippen LogP contribution in [0.2, 0.25) is 0 Å². The maximum Gasteiger partial charge on any atom is 0.327 e. The molecule has 2 rings (SSSR count). The predicted molar refractivity (Wildman–Crippen MR) is 68.7 cm³/mol. The molecule has 2 aromatic heterocycles. The van der Waals surface area contributed by atoms with E-state index >= 15 is 0 Å². The Morgan fingerprint density at radius 2 is 2.11 bits per heavy atom. The molecule has 0 fully saturated rings. The van der Waals surface area contributed by atoms with Crippen molar-refractivity contribution in [2.75, 3.05) is 5.32 Å². The lowest BCUT2D eigenvalue weighted by atomic mass is 10.3. The molecule has 0 unspecified atom stereocenters. The molecule has 0 aliphatic carbocycles. The van der Waals surface area contributed by atoms with Crippen LogP contribution in [0.4, 0.5) is 10.6 Å². The van der Waals surface area contributed by atoms with E-state index in [9.17, 15) is 9.59 Å². The van der Waals surface area contributed by atoms with Gasteiger partial charge in [0.2, 0.25) is 0 Å². The Labute approximate surface area is 109 Å². The van der Waals surface area contributed by atoms with Gasteiger partial charge in [0.15, 0.2) is 0 Å². The lowest BCUT2D eigenvalue weighted by molar-refractivity contribution is 0.0958. The van der Waals surface area contributed by atoms with Crippen molar-refractivity contribution >= 4 is 17.8 Å². The van der Waals surface area contributed by atoms with Gasteiger partial charge in [-0.05, 0) is 25.1 Å². The van der Waals surface area contributed by atoms with E-state index in [0.29, 0.717) is 17.2 Å². The van der Waals surface area contributed by atoms with Crippen molar-refractivity contribution in [1.29, 1.82) is 0 Å². The number of nitrogens with zero attached hydrogens (tertiary/aromatic N) is 3. The molecular formula is C12H13N5O2. The first-order valence-corrected chi connectivity index (χ1v) is 5.60. The number of amides is 3. The van der Waals surface area contributed by atoms with Gasteiger partial charge in [-0.25, -0.2) is 9.78 Å². The van der Waals surface area contributed by atoms with E-state index in [1.165, 1.54) is 4.68 Å². The van der Waals surface area contributed by atoms with E-state index in [-0.39, 0.29) is 0 Å². The number of rotatable bonds is 2. The lowest BCUT2D eigenvalue weighted by Gasteiger charge is -2.05. The molecular weight excluding hydrogens is 246 g/mol. The van der Waals surface area contributed by atoms with Crippen LogP contribution in [-0.2, 0) is 7.05 Å². The summed E-state index contributed by atoms with van der Waals surface area (Å²) in [5, 5.41) is 8.70. The molecule has 2 N–H and O–H groups in total. The molecule has 0 atom stereocenters. The number of hydrogen-bond donors (Lipinski definition) is 2. The highest BCUT2D eigenvalue weighted by atomic mass is 16.2. The van der Waals surface area contributed by atoms with Crippen LogP contribution in [0.15, 0.2) is 30.5 Å². The zero-order valence-corrected chi connectivity index (χ0v) is 10.5. The Hall–Kier alpha value is -2.70. The molecule has 3 amide bonds. The summed E-state index contributed by atoms with van der Waals surface area (Å²) in [5.74, 6) is -0.148. The largest absolute Gasteiger partial charge is 0.327 e. The van der Waals surface area contributed by atoms with Crippen LogP contribution in [0, 0.1) is 6.92 Å². The van der Waals surface area contributed by atoms with Crippen LogP contribution in [0.1, 0.15) is 16.2 Å². The first kappa shape index (κ1) is 12.7. The Bertz CT molecular complexity index is 606. The van der Waals surface area contributed by atoms with E-state index in [2.05, 4.69) is 20.7 Å². The number of imide groups is 1. The van der Waals surface area contributed by atoms with Crippen molar-refractivity contribution in [2.45, 2.75) is 6.92 Å². The second kappa shape index (κ2) is 5.30. The smallest absolute Gasteiger partial charge is 0.292 e. The molecule has 2 heterocycles. The van der Waals surface area contributed by atoms with Crippen LogP contribution >= 0.6 is 0 Å². The molecule has 2 aromatic rings. The molecule has 0 spiro atoms. The maximum atomic E-state index is 11.8. The van der Waals surface area contributed by atoms with Gasteiger partial charge in [-0.1, -0.05) is 6.07 Å². The fourth-order valence-electron chi connectivity index (χ4n) is 1.57. The lowest BCUT2D eigenvalue weighted by Crippen LogP contribution is -2.35. The molecule has 0 aliphatic rings. The van der Waals surface area contributed by atoms with Crippen molar-refractivity contribution in [3.05, 3.63) is 41.9 Å². The first-order chi connectivity index (χ1) is 9.06. The van der Waals surface area contributed by atoms with E-state index in [1.54, 1.807) is 44.4 Å². The average molecular weight is 259 g/mol. The van der Waals surface area contributed by atoms with Gasteiger partial charge >= 0.3 is 6.03 Å². The third-order valence-electron chi connectivity index (χ3n) is 2.37. The zero-order valence-electron chi connectivity index (χ0n) is 10.5. The third kappa shape index (κ3) is 3.15. The van der Waals surface area contributed by atoms with Gasteiger partial charge in [0.25, 0.3) is 5.91 Å². The molecule has 7 heteroatoms. The Balaban J connectivity index is 2.00. The summed E-state index contributed by atoms with van der Waals surface area (Å²) >= 11 is 0. The number of aromatic nitrogens is 3. The summed E-state index contributed by atoms with van der Waals surface area (Å²) in [6.07, 6.45) is 1.54. The number of anilines is 1. The minimum Gasteiger partial charge on any atom is -0.292 e. The van der Waals surface area contributed by atoms with E-state index in [0.717, 1.165) is 0 Å². The van der Waals surface area contributed by atoms with Crippen molar-refractivity contribution < 1.29 is 9.59 Å². The highest BCUT2D eigenvalue weighted by Crippen LogP contribution is 2.02. The second-order valence-corrected chi connectivity index (χ2v) is 3.92. The molecule has 7 nitrogen and oxygen atoms in total. The van der Waals surface area contributed by atoms with Gasteiger partial charge in [-0.3, -0.25) is 20.1 Å². The third-order valence-corrected chi connectivity index (χ3v) is 2.37. The zero-order chi connectivity index (χ0) is 13.8. The maximum absolute atomic E-state index is 11.8. The molecule has 0 saturated carbocycles. The van der Waals surface area contributed by atoms with Crippen molar-refractivity contribution in [1.82, 2.24) is 20.1 Å². The minimum absolute atomic E-state index is 0.314. The van der Waals surface area contributed by atoms with Crippen LogP contribution < -0.4 is 10.6 Å². The minimum atomic E-state index is -0.637. The van der Waals surface area contributed by atoms with E-state index in [4.69, 9.17) is 0 Å². The average Bonchev–Trinajstić information content (AvgIpc) is 2.69. The van der Waals surface area contributed by atoms with E-state index < -0.39 is 11.9 Å². The molecule has 0 bridgehead atoms. The summed E-state index contributed by atoms with van der Waals surface area (Å²) in [6.45, 7) is 1.77. The summed E-state index contributed by atoms with van der Waals surface area (Å²) in [4.78, 5) is 27.3. The molecule has 0 aliphatic heterocycles. The van der Waals surface area contributed by atoms with Crippen molar-refractivity contribution in [3.8, 4) is 0 Å². The topological polar surface area (TPSA) is 88.9 Å². The summed E-state index contributed by atoms with van der Waals surface area (Å²) in [7, 11) is 1.64. The molecule has 19 heavy (non-hydrogen) atoms. The predicted octanol–water partition coefficient (Wildman–Crippen LogP) is 1.09. The molecule has 98 valence electrons. The molecule has 0 aromatic carbocycles. The Morgan fingerprint density at radius 1 is 1.32 bits per heavy atom. The summed E-state index contributed by atoms with van der Waals surface area (Å²) in [6, 6.07) is 6.05. The van der Waals surface area contributed by atoms with Gasteiger partial charge in [0.1, 0.15) is 11.5 Å². The number of pyridine rings is 1. The van der Waals surface area contributed by atoms with Gasteiger partial charge in [-0.2, -0.15) is 5.10 Å². The number of carbonyl (C=O) groups is 2. The van der Waals surface area contributed by atoms with Gasteiger partial charge < -0.3 is 0 Å². The van der Waals surface area contributed by atoms with Crippen LogP contribution in [0.25, 0.3) is 0 Å². The monoisotopic (exact) mass is 259 g/mol. The number of nitrogens with one attached hydrogen (secondary N) is 2. The van der Waals surface area contributed by atoms with Gasteiger partial charge in [0, 0.05) is 13.2 Å². The number of hydrogen-bond acceptors (Lipinski definition) is 4. The van der Waals surface area contributed by atoms with Crippen molar-refractivity contribution in [3.63, 3.8) is 0 Å². The van der Waals surface area contributed by atoms with Crippen LogP contribution in [0.3, 0.4) is 0 Å². The van der Waals surface area contributed by atoms with E-state index in [1.807, 2.05) is 0 Å². The van der Waals surface area contributed by atoms with Crippen molar-refractivity contribution in [2.24, 2.45) is 7.05 Å².